The zero-order valence-corrected chi connectivity index (χ0v) is 16.6. The van der Waals surface area contributed by atoms with Crippen LogP contribution in [0.1, 0.15) is 33.3 Å². The number of benzene rings is 1. The predicted molar refractivity (Wildman–Crippen MR) is 99.5 cm³/mol. The Labute approximate surface area is 159 Å². The second-order valence-corrected chi connectivity index (χ2v) is 7.00. The van der Waals surface area contributed by atoms with Crippen molar-refractivity contribution < 1.29 is 28.6 Å². The van der Waals surface area contributed by atoms with Gasteiger partial charge in [0.1, 0.15) is 23.4 Å². The highest BCUT2D eigenvalue weighted by molar-refractivity contribution is 5.89. The molecule has 0 aromatic heterocycles. The number of alkyl carbamates (subject to hydrolysis) is 1. The van der Waals surface area contributed by atoms with Gasteiger partial charge in [-0.05, 0) is 45.4 Å². The zero-order chi connectivity index (χ0) is 20.6. The minimum Gasteiger partial charge on any atom is -0.497 e. The number of amides is 2. The predicted octanol–water partition coefficient (Wildman–Crippen LogP) is 1.81. The minimum absolute atomic E-state index is 0.238. The van der Waals surface area contributed by atoms with Gasteiger partial charge in [-0.1, -0.05) is 12.1 Å². The summed E-state index contributed by atoms with van der Waals surface area (Å²) in [6.07, 6.45) is -0.475. The lowest BCUT2D eigenvalue weighted by molar-refractivity contribution is -0.145. The molecule has 0 aliphatic carbocycles. The molecular weight excluding hydrogens is 352 g/mol. The maximum atomic E-state index is 12.4. The topological polar surface area (TPSA) is 103 Å². The maximum absolute atomic E-state index is 12.4. The van der Waals surface area contributed by atoms with Gasteiger partial charge < -0.3 is 24.8 Å². The zero-order valence-electron chi connectivity index (χ0n) is 16.6. The largest absolute Gasteiger partial charge is 0.497 e. The molecule has 150 valence electrons. The van der Waals surface area contributed by atoms with Gasteiger partial charge in [-0.3, -0.25) is 4.79 Å². The normalized spacial score (nSPS) is 13.1. The number of hydrogen-bond donors (Lipinski definition) is 2. The molecule has 0 fully saturated rings. The average molecular weight is 380 g/mol. The Morgan fingerprint density at radius 3 is 2.11 bits per heavy atom. The molecule has 0 aliphatic heterocycles. The van der Waals surface area contributed by atoms with Crippen molar-refractivity contribution in [3.63, 3.8) is 0 Å². The fraction of sp³-hybridized carbons (Fsp3) is 0.526. The van der Waals surface area contributed by atoms with E-state index in [1.54, 1.807) is 52.1 Å². The molecule has 0 aliphatic rings. The van der Waals surface area contributed by atoms with E-state index in [1.807, 2.05) is 0 Å². The molecule has 2 atom stereocenters. The second-order valence-electron chi connectivity index (χ2n) is 7.00. The first-order valence-electron chi connectivity index (χ1n) is 8.56. The Hall–Kier alpha value is -2.77. The summed E-state index contributed by atoms with van der Waals surface area (Å²) in [5, 5.41) is 5.03. The van der Waals surface area contributed by atoms with Gasteiger partial charge in [0.05, 0.1) is 14.2 Å². The standard InChI is InChI=1S/C19H28N2O6/c1-12(20-18(24)27-19(2,3)4)16(22)21-15(17(23)26-6)11-13-7-9-14(25-5)10-8-13/h7-10,12,15H,11H2,1-6H3,(H,20,24)(H,21,22). The molecule has 0 saturated carbocycles. The van der Waals surface area contributed by atoms with Crippen LogP contribution in [0.3, 0.4) is 0 Å². The van der Waals surface area contributed by atoms with Gasteiger partial charge in [0, 0.05) is 6.42 Å². The van der Waals surface area contributed by atoms with Gasteiger partial charge >= 0.3 is 12.1 Å². The van der Waals surface area contributed by atoms with Crippen molar-refractivity contribution in [2.75, 3.05) is 14.2 Å². The first-order valence-corrected chi connectivity index (χ1v) is 8.56. The van der Waals surface area contributed by atoms with E-state index in [0.29, 0.717) is 5.75 Å². The molecule has 8 nitrogen and oxygen atoms in total. The van der Waals surface area contributed by atoms with Crippen LogP contribution in [-0.4, -0.2) is 49.9 Å². The summed E-state index contributed by atoms with van der Waals surface area (Å²) in [6.45, 7) is 6.67. The van der Waals surface area contributed by atoms with Gasteiger partial charge in [-0.2, -0.15) is 0 Å². The summed E-state index contributed by atoms with van der Waals surface area (Å²) >= 11 is 0. The lowest BCUT2D eigenvalue weighted by atomic mass is 10.1. The third kappa shape index (κ3) is 7.98. The molecule has 0 radical (unpaired) electrons. The Morgan fingerprint density at radius 1 is 1.04 bits per heavy atom. The first kappa shape index (κ1) is 22.3. The van der Waals surface area contributed by atoms with Crippen LogP contribution in [0, 0.1) is 0 Å². The monoisotopic (exact) mass is 380 g/mol. The van der Waals surface area contributed by atoms with Crippen molar-refractivity contribution >= 4 is 18.0 Å². The fourth-order valence-electron chi connectivity index (χ4n) is 2.18. The summed E-state index contributed by atoms with van der Waals surface area (Å²) in [5.74, 6) is -0.416. The summed E-state index contributed by atoms with van der Waals surface area (Å²) in [7, 11) is 2.81. The van der Waals surface area contributed by atoms with Crippen molar-refractivity contribution in [2.45, 2.75) is 51.8 Å². The number of carbonyl (C=O) groups excluding carboxylic acids is 3. The van der Waals surface area contributed by atoms with Crippen LogP contribution in [0.5, 0.6) is 5.75 Å². The molecule has 1 aromatic carbocycles. The van der Waals surface area contributed by atoms with Crippen molar-refractivity contribution in [2.24, 2.45) is 0 Å². The van der Waals surface area contributed by atoms with E-state index >= 15 is 0 Å². The molecular formula is C19H28N2O6. The molecule has 2 unspecified atom stereocenters. The highest BCUT2D eigenvalue weighted by Gasteiger charge is 2.26. The molecule has 2 amide bonds. The van der Waals surface area contributed by atoms with E-state index in [2.05, 4.69) is 10.6 Å². The first-order chi connectivity index (χ1) is 12.6. The fourth-order valence-corrected chi connectivity index (χ4v) is 2.18. The lowest BCUT2D eigenvalue weighted by Crippen LogP contribution is -2.51. The molecule has 2 N–H and O–H groups in total. The van der Waals surface area contributed by atoms with Gasteiger partial charge in [-0.25, -0.2) is 9.59 Å². The molecule has 0 spiro atoms. The highest BCUT2D eigenvalue weighted by Crippen LogP contribution is 2.13. The number of ether oxygens (including phenoxy) is 3. The van der Waals surface area contributed by atoms with Crippen molar-refractivity contribution in [3.8, 4) is 5.75 Å². The molecule has 0 heterocycles. The van der Waals surface area contributed by atoms with Crippen LogP contribution in [0.4, 0.5) is 4.79 Å². The number of carbonyl (C=O) groups is 3. The van der Waals surface area contributed by atoms with Gasteiger partial charge in [-0.15, -0.1) is 0 Å². The number of nitrogens with one attached hydrogen (secondary N) is 2. The summed E-state index contributed by atoms with van der Waals surface area (Å²) in [5.41, 5.74) is 0.141. The SMILES string of the molecule is COC(=O)C(Cc1ccc(OC)cc1)NC(=O)C(C)NC(=O)OC(C)(C)C. The highest BCUT2D eigenvalue weighted by atomic mass is 16.6. The molecule has 8 heteroatoms. The smallest absolute Gasteiger partial charge is 0.408 e. The summed E-state index contributed by atoms with van der Waals surface area (Å²) < 4.78 is 15.0. The number of esters is 1. The van der Waals surface area contributed by atoms with Crippen molar-refractivity contribution in [1.82, 2.24) is 10.6 Å². The van der Waals surface area contributed by atoms with E-state index in [0.717, 1.165) is 5.56 Å². The lowest BCUT2D eigenvalue weighted by Gasteiger charge is -2.23. The quantitative estimate of drug-likeness (QED) is 0.700. The van der Waals surface area contributed by atoms with Crippen LogP contribution in [0.25, 0.3) is 0 Å². The maximum Gasteiger partial charge on any atom is 0.408 e. The summed E-state index contributed by atoms with van der Waals surface area (Å²) in [6, 6.07) is 5.34. The van der Waals surface area contributed by atoms with Crippen LogP contribution in [0.2, 0.25) is 0 Å². The Morgan fingerprint density at radius 2 is 1.63 bits per heavy atom. The minimum atomic E-state index is -0.890. The Bertz CT molecular complexity index is 651. The second kappa shape index (κ2) is 9.80. The van der Waals surface area contributed by atoms with Gasteiger partial charge in [0.25, 0.3) is 0 Å². The van der Waals surface area contributed by atoms with Crippen molar-refractivity contribution in [1.29, 1.82) is 0 Å². The molecule has 1 aromatic rings. The third-order valence-corrected chi connectivity index (χ3v) is 3.53. The average Bonchev–Trinajstić information content (AvgIpc) is 2.59. The van der Waals surface area contributed by atoms with Crippen LogP contribution in [0.15, 0.2) is 24.3 Å². The van der Waals surface area contributed by atoms with Gasteiger partial charge in [0.2, 0.25) is 5.91 Å². The van der Waals surface area contributed by atoms with Gasteiger partial charge in [0.15, 0.2) is 0 Å². The van der Waals surface area contributed by atoms with Crippen LogP contribution < -0.4 is 15.4 Å². The Balaban J connectivity index is 2.73. The summed E-state index contributed by atoms with van der Waals surface area (Å²) in [4.78, 5) is 36.2. The van der Waals surface area contributed by atoms with E-state index < -0.39 is 35.7 Å². The van der Waals surface area contributed by atoms with Crippen LogP contribution >= 0.6 is 0 Å². The third-order valence-electron chi connectivity index (χ3n) is 3.53. The van der Waals surface area contributed by atoms with Crippen LogP contribution in [-0.2, 0) is 25.5 Å². The number of hydrogen-bond acceptors (Lipinski definition) is 6. The molecule has 1 rings (SSSR count). The van der Waals surface area contributed by atoms with E-state index in [9.17, 15) is 14.4 Å². The number of methoxy groups -OCH3 is 2. The molecule has 0 bridgehead atoms. The number of rotatable bonds is 7. The van der Waals surface area contributed by atoms with E-state index in [4.69, 9.17) is 14.2 Å². The Kier molecular flexibility index (Phi) is 8.08. The van der Waals surface area contributed by atoms with E-state index in [-0.39, 0.29) is 6.42 Å². The van der Waals surface area contributed by atoms with Crippen molar-refractivity contribution in [3.05, 3.63) is 29.8 Å². The molecule has 0 saturated heterocycles. The van der Waals surface area contributed by atoms with E-state index in [1.165, 1.54) is 14.0 Å². The molecule has 27 heavy (non-hydrogen) atoms.